The molecule has 4 rings (SSSR count). The molecule has 134 valence electrons. The van der Waals surface area contributed by atoms with E-state index < -0.39 is 0 Å². The fraction of sp³-hybridized carbons (Fsp3) is 0.895. The molecule has 1 unspecified atom stereocenters. The zero-order valence-corrected chi connectivity index (χ0v) is 14.9. The van der Waals surface area contributed by atoms with Gasteiger partial charge in [-0.05, 0) is 49.4 Å². The summed E-state index contributed by atoms with van der Waals surface area (Å²) in [6.07, 6.45) is 8.76. The van der Waals surface area contributed by atoms with Crippen LogP contribution in [0.2, 0.25) is 0 Å². The second-order valence-electron chi connectivity index (χ2n) is 8.61. The minimum atomic E-state index is 0.232. The Kier molecular flexibility index (Phi) is 4.10. The van der Waals surface area contributed by atoms with Gasteiger partial charge >= 0.3 is 0 Å². The average molecular weight is 334 g/mol. The van der Waals surface area contributed by atoms with Gasteiger partial charge in [0.2, 0.25) is 11.8 Å². The molecule has 2 spiro atoms. The zero-order valence-electron chi connectivity index (χ0n) is 14.9. The van der Waals surface area contributed by atoms with Gasteiger partial charge in [-0.3, -0.25) is 9.59 Å². The second kappa shape index (κ2) is 6.01. The number of methoxy groups -OCH3 is 1. The summed E-state index contributed by atoms with van der Waals surface area (Å²) in [5.41, 5.74) is 0.663. The maximum absolute atomic E-state index is 12.7. The molecule has 5 heteroatoms. The number of rotatable bonds is 4. The van der Waals surface area contributed by atoms with E-state index in [4.69, 9.17) is 4.74 Å². The van der Waals surface area contributed by atoms with Gasteiger partial charge < -0.3 is 14.5 Å². The van der Waals surface area contributed by atoms with Crippen LogP contribution in [-0.4, -0.2) is 61.5 Å². The minimum absolute atomic E-state index is 0.232. The first-order valence-electron chi connectivity index (χ1n) is 9.63. The third kappa shape index (κ3) is 2.75. The molecule has 0 bridgehead atoms. The van der Waals surface area contributed by atoms with E-state index in [1.807, 2.05) is 4.90 Å². The monoisotopic (exact) mass is 334 g/mol. The van der Waals surface area contributed by atoms with Crippen molar-refractivity contribution in [2.45, 2.75) is 51.4 Å². The topological polar surface area (TPSA) is 49.9 Å². The van der Waals surface area contributed by atoms with Crippen molar-refractivity contribution in [2.75, 3.05) is 39.9 Å². The maximum atomic E-state index is 12.7. The molecule has 0 aromatic carbocycles. The summed E-state index contributed by atoms with van der Waals surface area (Å²) in [4.78, 5) is 29.0. The molecule has 0 aromatic rings. The van der Waals surface area contributed by atoms with Crippen molar-refractivity contribution in [3.8, 4) is 0 Å². The standard InChI is InChI=1S/C19H30N2O3/c1-24-12-11-21-14-18(6-3-16(21)22)7-9-20(10-8-18)17(23)15-13-19(15)4-2-5-19/h15H,2-14H2,1H3. The molecule has 0 radical (unpaired) electrons. The van der Waals surface area contributed by atoms with Gasteiger partial charge in [-0.1, -0.05) is 6.42 Å². The predicted octanol–water partition coefficient (Wildman–Crippen LogP) is 2.05. The van der Waals surface area contributed by atoms with Crippen LogP contribution in [0.5, 0.6) is 0 Å². The van der Waals surface area contributed by atoms with Gasteiger partial charge in [0.1, 0.15) is 0 Å². The highest BCUT2D eigenvalue weighted by Gasteiger charge is 2.61. The zero-order chi connectivity index (χ0) is 16.8. The van der Waals surface area contributed by atoms with E-state index >= 15 is 0 Å². The molecule has 2 heterocycles. The molecule has 2 amide bonds. The molecule has 4 fully saturated rings. The summed E-state index contributed by atoms with van der Waals surface area (Å²) in [7, 11) is 1.68. The van der Waals surface area contributed by atoms with Crippen LogP contribution in [0.4, 0.5) is 0 Å². The number of ether oxygens (including phenoxy) is 1. The highest BCUT2D eigenvalue weighted by Crippen LogP contribution is 2.66. The minimum Gasteiger partial charge on any atom is -0.383 e. The molecule has 2 saturated heterocycles. The van der Waals surface area contributed by atoms with Crippen LogP contribution in [-0.2, 0) is 14.3 Å². The van der Waals surface area contributed by atoms with E-state index in [2.05, 4.69) is 4.90 Å². The Morgan fingerprint density at radius 3 is 2.54 bits per heavy atom. The van der Waals surface area contributed by atoms with Gasteiger partial charge in [-0.2, -0.15) is 0 Å². The molecule has 2 aliphatic heterocycles. The van der Waals surface area contributed by atoms with Crippen LogP contribution in [0.3, 0.4) is 0 Å². The molecule has 4 aliphatic rings. The van der Waals surface area contributed by atoms with Crippen LogP contribution in [0.15, 0.2) is 0 Å². The number of piperidine rings is 2. The lowest BCUT2D eigenvalue weighted by Crippen LogP contribution is -2.53. The summed E-state index contributed by atoms with van der Waals surface area (Å²) in [6.45, 7) is 3.93. The lowest BCUT2D eigenvalue weighted by Gasteiger charge is -2.47. The molecular weight excluding hydrogens is 304 g/mol. The van der Waals surface area contributed by atoms with Crippen molar-refractivity contribution in [3.63, 3.8) is 0 Å². The largest absolute Gasteiger partial charge is 0.383 e. The van der Waals surface area contributed by atoms with E-state index in [1.165, 1.54) is 19.3 Å². The predicted molar refractivity (Wildman–Crippen MR) is 90.3 cm³/mol. The lowest BCUT2D eigenvalue weighted by atomic mass is 9.72. The summed E-state index contributed by atoms with van der Waals surface area (Å²) in [5.74, 6) is 1.03. The highest BCUT2D eigenvalue weighted by atomic mass is 16.5. The van der Waals surface area contributed by atoms with Crippen LogP contribution < -0.4 is 0 Å². The number of carbonyl (C=O) groups excluding carboxylic acids is 2. The normalized spacial score (nSPS) is 30.5. The SMILES string of the molecule is COCCN1CC2(CCC1=O)CCN(C(=O)C1CC13CCC3)CC2. The number of likely N-dealkylation sites (tertiary alicyclic amines) is 2. The van der Waals surface area contributed by atoms with Gasteiger partial charge in [0, 0.05) is 45.6 Å². The van der Waals surface area contributed by atoms with Gasteiger partial charge in [0.05, 0.1) is 6.61 Å². The summed E-state index contributed by atoms with van der Waals surface area (Å²) in [6, 6.07) is 0. The summed E-state index contributed by atoms with van der Waals surface area (Å²) in [5, 5.41) is 0. The van der Waals surface area contributed by atoms with Gasteiger partial charge in [-0.25, -0.2) is 0 Å². The van der Waals surface area contributed by atoms with E-state index in [-0.39, 0.29) is 11.3 Å². The molecule has 5 nitrogen and oxygen atoms in total. The molecule has 1 atom stereocenters. The van der Waals surface area contributed by atoms with E-state index in [0.717, 1.165) is 45.3 Å². The number of carbonyl (C=O) groups is 2. The first kappa shape index (κ1) is 16.4. The fourth-order valence-electron chi connectivity index (χ4n) is 5.22. The first-order valence-corrected chi connectivity index (χ1v) is 9.63. The first-order chi connectivity index (χ1) is 11.6. The Hall–Kier alpha value is -1.10. The van der Waals surface area contributed by atoms with E-state index in [9.17, 15) is 9.59 Å². The van der Waals surface area contributed by atoms with Crippen molar-refractivity contribution in [1.82, 2.24) is 9.80 Å². The maximum Gasteiger partial charge on any atom is 0.226 e. The smallest absolute Gasteiger partial charge is 0.226 e. The Labute approximate surface area is 144 Å². The molecule has 0 N–H and O–H groups in total. The molecule has 24 heavy (non-hydrogen) atoms. The Bertz CT molecular complexity index is 521. The van der Waals surface area contributed by atoms with Gasteiger partial charge in [-0.15, -0.1) is 0 Å². The van der Waals surface area contributed by atoms with Crippen molar-refractivity contribution in [1.29, 1.82) is 0 Å². The molecule has 0 aromatic heterocycles. The summed E-state index contributed by atoms with van der Waals surface area (Å²) < 4.78 is 5.14. The van der Waals surface area contributed by atoms with Crippen molar-refractivity contribution in [3.05, 3.63) is 0 Å². The van der Waals surface area contributed by atoms with Crippen molar-refractivity contribution >= 4 is 11.8 Å². The summed E-state index contributed by atoms with van der Waals surface area (Å²) >= 11 is 0. The van der Waals surface area contributed by atoms with Crippen LogP contribution in [0.25, 0.3) is 0 Å². The fourth-order valence-corrected chi connectivity index (χ4v) is 5.22. The third-order valence-corrected chi connectivity index (χ3v) is 7.29. The molecule has 2 aliphatic carbocycles. The molecule has 2 saturated carbocycles. The van der Waals surface area contributed by atoms with Crippen molar-refractivity contribution < 1.29 is 14.3 Å². The molecular formula is C19H30N2O3. The highest BCUT2D eigenvalue weighted by molar-refractivity contribution is 5.83. The number of hydrogen-bond donors (Lipinski definition) is 0. The van der Waals surface area contributed by atoms with Crippen LogP contribution in [0.1, 0.15) is 51.4 Å². The van der Waals surface area contributed by atoms with Crippen molar-refractivity contribution in [2.24, 2.45) is 16.7 Å². The Morgan fingerprint density at radius 2 is 1.96 bits per heavy atom. The van der Waals surface area contributed by atoms with Crippen LogP contribution >= 0.6 is 0 Å². The number of nitrogens with zero attached hydrogens (tertiary/aromatic N) is 2. The van der Waals surface area contributed by atoms with Crippen LogP contribution in [0, 0.1) is 16.7 Å². The second-order valence-corrected chi connectivity index (χ2v) is 8.61. The average Bonchev–Trinajstić information content (AvgIpc) is 3.32. The van der Waals surface area contributed by atoms with Gasteiger partial charge in [0.15, 0.2) is 0 Å². The van der Waals surface area contributed by atoms with Gasteiger partial charge in [0.25, 0.3) is 0 Å². The van der Waals surface area contributed by atoms with E-state index in [0.29, 0.717) is 36.8 Å². The Morgan fingerprint density at radius 1 is 1.21 bits per heavy atom. The Balaban J connectivity index is 1.32. The third-order valence-electron chi connectivity index (χ3n) is 7.29. The quantitative estimate of drug-likeness (QED) is 0.791. The van der Waals surface area contributed by atoms with E-state index in [1.54, 1.807) is 7.11 Å². The number of hydrogen-bond acceptors (Lipinski definition) is 3. The number of amides is 2. The lowest BCUT2D eigenvalue weighted by molar-refractivity contribution is -0.144.